The van der Waals surface area contributed by atoms with E-state index in [9.17, 15) is 0 Å². The summed E-state index contributed by atoms with van der Waals surface area (Å²) in [7, 11) is 0. The summed E-state index contributed by atoms with van der Waals surface area (Å²) in [6.45, 7) is 12.3. The second-order valence-corrected chi connectivity index (χ2v) is 7.81. The van der Waals surface area contributed by atoms with Crippen LogP contribution in [0.1, 0.15) is 26.3 Å². The van der Waals surface area contributed by atoms with E-state index in [2.05, 4.69) is 71.5 Å². The van der Waals surface area contributed by atoms with Gasteiger partial charge in [-0.05, 0) is 45.4 Å². The number of halogens is 1. The van der Waals surface area contributed by atoms with E-state index in [1.54, 1.807) is 0 Å². The van der Waals surface area contributed by atoms with Gasteiger partial charge in [-0.25, -0.2) is 0 Å². The van der Waals surface area contributed by atoms with Crippen molar-refractivity contribution in [1.29, 1.82) is 0 Å². The minimum Gasteiger partial charge on any atom is -0.298 e. The molecular weight excluding hydrogens is 314 g/mol. The van der Waals surface area contributed by atoms with Crippen molar-refractivity contribution in [1.82, 2.24) is 14.7 Å². The summed E-state index contributed by atoms with van der Waals surface area (Å²) in [5.41, 5.74) is 2.64. The molecule has 0 radical (unpaired) electrons. The van der Waals surface area contributed by atoms with Crippen LogP contribution in [0.25, 0.3) is 10.9 Å². The number of fused-ring (bicyclic) bond motifs is 1. The normalized spacial score (nSPS) is 17.6. The molecule has 1 aromatic carbocycles. The van der Waals surface area contributed by atoms with E-state index >= 15 is 0 Å². The maximum atomic E-state index is 4.70. The molecule has 1 aliphatic heterocycles. The Morgan fingerprint density at radius 2 is 2.00 bits per heavy atom. The van der Waals surface area contributed by atoms with Crippen LogP contribution in [-0.2, 0) is 6.54 Å². The van der Waals surface area contributed by atoms with Crippen molar-refractivity contribution in [3.8, 4) is 0 Å². The Morgan fingerprint density at radius 3 is 2.65 bits per heavy atom. The van der Waals surface area contributed by atoms with Gasteiger partial charge >= 0.3 is 0 Å². The third-order valence-corrected chi connectivity index (χ3v) is 5.04. The van der Waals surface area contributed by atoms with Gasteiger partial charge in [0.2, 0.25) is 0 Å². The van der Waals surface area contributed by atoms with Gasteiger partial charge < -0.3 is 0 Å². The van der Waals surface area contributed by atoms with Crippen molar-refractivity contribution in [3.63, 3.8) is 0 Å². The second kappa shape index (κ2) is 4.85. The quantitative estimate of drug-likeness (QED) is 0.831. The zero-order chi connectivity index (χ0) is 14.5. The van der Waals surface area contributed by atoms with Crippen molar-refractivity contribution in [2.75, 3.05) is 13.1 Å². The lowest BCUT2D eigenvalue weighted by Crippen LogP contribution is -2.56. The molecule has 0 amide bonds. The molecule has 2 aromatic rings. The first-order valence-electron chi connectivity index (χ1n) is 7.21. The molecule has 0 saturated carbocycles. The molecule has 1 saturated heterocycles. The first-order chi connectivity index (χ1) is 9.33. The number of aromatic nitrogens is 2. The summed E-state index contributed by atoms with van der Waals surface area (Å²) < 4.78 is 3.27. The summed E-state index contributed by atoms with van der Waals surface area (Å²) in [6.07, 6.45) is 2.17. The predicted molar refractivity (Wildman–Crippen MR) is 87.0 cm³/mol. The molecule has 0 N–H and O–H groups in total. The van der Waals surface area contributed by atoms with Crippen LogP contribution in [0, 0.1) is 12.8 Å². The molecule has 0 bridgehead atoms. The van der Waals surface area contributed by atoms with Crippen LogP contribution in [0.15, 0.2) is 22.8 Å². The third-order valence-electron chi connectivity index (χ3n) is 4.18. The van der Waals surface area contributed by atoms with Gasteiger partial charge in [0.15, 0.2) is 0 Å². The number of rotatable bonds is 2. The van der Waals surface area contributed by atoms with Crippen molar-refractivity contribution < 1.29 is 0 Å². The van der Waals surface area contributed by atoms with Crippen molar-refractivity contribution in [2.45, 2.75) is 39.8 Å². The van der Waals surface area contributed by atoms with E-state index in [0.29, 0.717) is 5.54 Å². The molecule has 108 valence electrons. The van der Waals surface area contributed by atoms with Gasteiger partial charge in [-0.2, -0.15) is 5.10 Å². The molecule has 2 heterocycles. The van der Waals surface area contributed by atoms with Crippen LogP contribution in [0.4, 0.5) is 0 Å². The zero-order valence-electron chi connectivity index (χ0n) is 12.7. The summed E-state index contributed by atoms with van der Waals surface area (Å²) >= 11 is 3.59. The molecule has 20 heavy (non-hydrogen) atoms. The molecule has 0 aliphatic carbocycles. The Labute approximate surface area is 129 Å². The fourth-order valence-electron chi connectivity index (χ4n) is 2.79. The van der Waals surface area contributed by atoms with Gasteiger partial charge in [0.05, 0.1) is 5.52 Å². The lowest BCUT2D eigenvalue weighted by atomic mass is 9.92. The van der Waals surface area contributed by atoms with E-state index in [0.717, 1.165) is 22.5 Å². The number of aryl methyl sites for hydroxylation is 1. The minimum absolute atomic E-state index is 0.299. The molecule has 0 spiro atoms. The van der Waals surface area contributed by atoms with E-state index in [1.165, 1.54) is 24.0 Å². The SMILES string of the molecule is Cc1cc2nn(CC3CN(C(C)(C)C)C3)cc2cc1Br. The van der Waals surface area contributed by atoms with Crippen LogP contribution in [0.5, 0.6) is 0 Å². The molecule has 3 rings (SSSR count). The smallest absolute Gasteiger partial charge is 0.0926 e. The Kier molecular flexibility index (Phi) is 3.41. The van der Waals surface area contributed by atoms with Gasteiger partial charge in [-0.15, -0.1) is 0 Å². The van der Waals surface area contributed by atoms with Crippen molar-refractivity contribution in [2.24, 2.45) is 5.92 Å². The number of likely N-dealkylation sites (tertiary alicyclic amines) is 1. The largest absolute Gasteiger partial charge is 0.298 e. The number of nitrogens with zero attached hydrogens (tertiary/aromatic N) is 3. The highest BCUT2D eigenvalue weighted by atomic mass is 79.9. The Hall–Kier alpha value is -0.870. The van der Waals surface area contributed by atoms with E-state index in [4.69, 9.17) is 5.10 Å². The lowest BCUT2D eigenvalue weighted by Gasteiger charge is -2.47. The summed E-state index contributed by atoms with van der Waals surface area (Å²) in [5, 5.41) is 5.92. The van der Waals surface area contributed by atoms with Gasteiger partial charge in [-0.3, -0.25) is 9.58 Å². The summed E-state index contributed by atoms with van der Waals surface area (Å²) in [4.78, 5) is 2.53. The Balaban J connectivity index is 1.70. The maximum Gasteiger partial charge on any atom is 0.0926 e. The Morgan fingerprint density at radius 1 is 1.30 bits per heavy atom. The average Bonchev–Trinajstić information content (AvgIpc) is 2.63. The highest BCUT2D eigenvalue weighted by Gasteiger charge is 2.34. The number of benzene rings is 1. The van der Waals surface area contributed by atoms with Crippen molar-refractivity contribution >= 4 is 26.8 Å². The van der Waals surface area contributed by atoms with Crippen LogP contribution in [0.3, 0.4) is 0 Å². The fraction of sp³-hybridized carbons (Fsp3) is 0.562. The average molecular weight is 336 g/mol. The van der Waals surface area contributed by atoms with Crippen LogP contribution in [-0.4, -0.2) is 33.3 Å². The lowest BCUT2D eigenvalue weighted by molar-refractivity contribution is 0.00547. The van der Waals surface area contributed by atoms with Gasteiger partial charge in [0.25, 0.3) is 0 Å². The maximum absolute atomic E-state index is 4.70. The molecule has 1 fully saturated rings. The zero-order valence-corrected chi connectivity index (χ0v) is 14.2. The van der Waals surface area contributed by atoms with Crippen LogP contribution < -0.4 is 0 Å². The molecule has 1 aliphatic rings. The predicted octanol–water partition coefficient (Wildman–Crippen LogP) is 3.84. The van der Waals surface area contributed by atoms with E-state index in [1.807, 2.05) is 0 Å². The van der Waals surface area contributed by atoms with E-state index in [-0.39, 0.29) is 0 Å². The topological polar surface area (TPSA) is 21.1 Å². The number of hydrogen-bond donors (Lipinski definition) is 0. The van der Waals surface area contributed by atoms with Crippen LogP contribution >= 0.6 is 15.9 Å². The Bertz CT molecular complexity index is 594. The number of hydrogen-bond acceptors (Lipinski definition) is 2. The third kappa shape index (κ3) is 2.63. The van der Waals surface area contributed by atoms with E-state index < -0.39 is 0 Å². The molecule has 4 heteroatoms. The highest BCUT2D eigenvalue weighted by molar-refractivity contribution is 9.10. The molecular formula is C16H22BrN3. The second-order valence-electron chi connectivity index (χ2n) is 6.95. The van der Waals surface area contributed by atoms with Gasteiger partial charge in [-0.1, -0.05) is 15.9 Å². The van der Waals surface area contributed by atoms with Crippen molar-refractivity contribution in [3.05, 3.63) is 28.4 Å². The molecule has 3 nitrogen and oxygen atoms in total. The summed E-state index contributed by atoms with van der Waals surface area (Å²) in [5.74, 6) is 0.730. The monoisotopic (exact) mass is 335 g/mol. The van der Waals surface area contributed by atoms with Crippen LogP contribution in [0.2, 0.25) is 0 Å². The summed E-state index contributed by atoms with van der Waals surface area (Å²) in [6, 6.07) is 4.31. The highest BCUT2D eigenvalue weighted by Crippen LogP contribution is 2.27. The van der Waals surface area contributed by atoms with Gasteiger partial charge in [0.1, 0.15) is 0 Å². The molecule has 1 aromatic heterocycles. The van der Waals surface area contributed by atoms with Gasteiger partial charge in [0, 0.05) is 47.1 Å². The fourth-order valence-corrected chi connectivity index (χ4v) is 3.15. The molecule has 0 unspecified atom stereocenters. The molecule has 0 atom stereocenters. The minimum atomic E-state index is 0.299. The standard InChI is InChI=1S/C16H22BrN3/c1-11-5-15-13(6-14(11)17)10-20(18-15)9-12-7-19(8-12)16(2,3)4/h5-6,10,12H,7-9H2,1-4H3. The first kappa shape index (κ1) is 14.1. The first-order valence-corrected chi connectivity index (χ1v) is 8.00.